The number of rotatable bonds is 6. The molecule has 7 nitrogen and oxygen atoms in total. The van der Waals surface area contributed by atoms with E-state index in [4.69, 9.17) is 9.47 Å². The third-order valence-corrected chi connectivity index (χ3v) is 4.84. The first-order valence-corrected chi connectivity index (χ1v) is 9.46. The summed E-state index contributed by atoms with van der Waals surface area (Å²) in [6, 6.07) is 14.7. The summed E-state index contributed by atoms with van der Waals surface area (Å²) in [5, 5.41) is 2.49. The van der Waals surface area contributed by atoms with Crippen molar-refractivity contribution in [1.82, 2.24) is 10.2 Å². The lowest BCUT2D eigenvalue weighted by Gasteiger charge is -2.30. The Bertz CT molecular complexity index is 912. The van der Waals surface area contributed by atoms with Gasteiger partial charge in [0.15, 0.2) is 6.10 Å². The predicted molar refractivity (Wildman–Crippen MR) is 106 cm³/mol. The number of para-hydroxylation sites is 1. The van der Waals surface area contributed by atoms with Crippen molar-refractivity contribution in [3.05, 3.63) is 65.2 Å². The molecule has 1 aliphatic heterocycles. The topological polar surface area (TPSA) is 84.9 Å². The summed E-state index contributed by atoms with van der Waals surface area (Å²) in [5.74, 6) is -0.964. The van der Waals surface area contributed by atoms with E-state index in [9.17, 15) is 14.4 Å². The third-order valence-electron chi connectivity index (χ3n) is 4.84. The molecule has 7 heteroatoms. The number of carbonyl (C=O) groups is 3. The Morgan fingerprint density at radius 1 is 1.07 bits per heavy atom. The fraction of sp³-hybridized carbons (Fsp3) is 0.318. The van der Waals surface area contributed by atoms with Gasteiger partial charge in [-0.05, 0) is 36.6 Å². The molecule has 0 radical (unpaired) electrons. The van der Waals surface area contributed by atoms with Crippen LogP contribution in [-0.4, -0.2) is 49.0 Å². The van der Waals surface area contributed by atoms with Gasteiger partial charge >= 0.3 is 5.97 Å². The number of methoxy groups -OCH3 is 1. The van der Waals surface area contributed by atoms with Crippen molar-refractivity contribution in [2.24, 2.45) is 0 Å². The Morgan fingerprint density at radius 3 is 2.52 bits per heavy atom. The summed E-state index contributed by atoms with van der Waals surface area (Å²) < 4.78 is 10.4. The van der Waals surface area contributed by atoms with E-state index in [-0.39, 0.29) is 12.5 Å². The number of esters is 1. The molecule has 3 rings (SSSR count). The number of benzene rings is 2. The zero-order valence-corrected chi connectivity index (χ0v) is 16.5. The van der Waals surface area contributed by atoms with Crippen LogP contribution in [0.2, 0.25) is 0 Å². The monoisotopic (exact) mass is 396 g/mol. The highest BCUT2D eigenvalue weighted by molar-refractivity contribution is 5.98. The van der Waals surface area contributed by atoms with Crippen LogP contribution in [0.25, 0.3) is 0 Å². The number of ether oxygens (including phenoxy) is 2. The van der Waals surface area contributed by atoms with Crippen LogP contribution in [0, 0.1) is 0 Å². The van der Waals surface area contributed by atoms with Crippen LogP contribution in [0.15, 0.2) is 48.5 Å². The van der Waals surface area contributed by atoms with Crippen molar-refractivity contribution < 1.29 is 23.9 Å². The Balaban J connectivity index is 1.50. The van der Waals surface area contributed by atoms with Gasteiger partial charge in [0.25, 0.3) is 11.8 Å². The molecule has 29 heavy (non-hydrogen) atoms. The number of carbonyl (C=O) groups excluding carboxylic acids is 3. The van der Waals surface area contributed by atoms with E-state index in [1.54, 1.807) is 36.1 Å². The highest BCUT2D eigenvalue weighted by atomic mass is 16.5. The molecule has 1 N–H and O–H groups in total. The van der Waals surface area contributed by atoms with Gasteiger partial charge in [0, 0.05) is 13.1 Å². The average Bonchev–Trinajstić information content (AvgIpc) is 2.76. The van der Waals surface area contributed by atoms with Crippen molar-refractivity contribution in [1.29, 1.82) is 0 Å². The zero-order chi connectivity index (χ0) is 20.8. The van der Waals surface area contributed by atoms with Crippen molar-refractivity contribution in [3.8, 4) is 5.75 Å². The molecule has 0 fully saturated rings. The fourth-order valence-electron chi connectivity index (χ4n) is 3.31. The molecule has 0 unspecified atom stereocenters. The van der Waals surface area contributed by atoms with E-state index in [1.807, 2.05) is 18.2 Å². The van der Waals surface area contributed by atoms with Crippen LogP contribution < -0.4 is 10.1 Å². The molecule has 152 valence electrons. The minimum Gasteiger partial charge on any atom is -0.496 e. The Kier molecular flexibility index (Phi) is 6.49. The second kappa shape index (κ2) is 9.23. The molecule has 0 saturated carbocycles. The summed E-state index contributed by atoms with van der Waals surface area (Å²) in [7, 11) is 1.46. The molecule has 0 saturated heterocycles. The number of fused-ring (bicyclic) bond motifs is 1. The summed E-state index contributed by atoms with van der Waals surface area (Å²) in [5.41, 5.74) is 2.66. The highest BCUT2D eigenvalue weighted by Crippen LogP contribution is 2.19. The first-order valence-electron chi connectivity index (χ1n) is 9.46. The van der Waals surface area contributed by atoms with Crippen molar-refractivity contribution in [3.63, 3.8) is 0 Å². The van der Waals surface area contributed by atoms with Crippen molar-refractivity contribution in [2.45, 2.75) is 26.0 Å². The largest absolute Gasteiger partial charge is 0.496 e. The molecule has 1 atom stereocenters. The first kappa shape index (κ1) is 20.4. The minimum absolute atomic E-state index is 0.246. The van der Waals surface area contributed by atoms with Gasteiger partial charge in [-0.2, -0.15) is 0 Å². The lowest BCUT2D eigenvalue weighted by atomic mass is 9.99. The van der Waals surface area contributed by atoms with Gasteiger partial charge in [0.2, 0.25) is 0 Å². The summed E-state index contributed by atoms with van der Waals surface area (Å²) >= 11 is 0. The molecule has 2 amide bonds. The quantitative estimate of drug-likeness (QED) is 0.755. The third kappa shape index (κ3) is 4.93. The molecular formula is C22H24N2O5. The number of nitrogens with one attached hydrogen (secondary N) is 1. The minimum atomic E-state index is -0.920. The van der Waals surface area contributed by atoms with Gasteiger partial charge in [-0.1, -0.05) is 36.4 Å². The normalized spacial score (nSPS) is 13.8. The Hall–Kier alpha value is -3.35. The molecule has 1 aliphatic rings. The summed E-state index contributed by atoms with van der Waals surface area (Å²) in [4.78, 5) is 38.6. The first-order chi connectivity index (χ1) is 14.0. The van der Waals surface area contributed by atoms with Crippen LogP contribution in [0.1, 0.15) is 28.4 Å². The summed E-state index contributed by atoms with van der Waals surface area (Å²) in [6.45, 7) is 2.30. The molecular weight excluding hydrogens is 372 g/mol. The second-order valence-corrected chi connectivity index (χ2v) is 6.79. The highest BCUT2D eigenvalue weighted by Gasteiger charge is 2.27. The van der Waals surface area contributed by atoms with Gasteiger partial charge < -0.3 is 19.7 Å². The van der Waals surface area contributed by atoms with Gasteiger partial charge in [-0.15, -0.1) is 0 Å². The van der Waals surface area contributed by atoms with E-state index < -0.39 is 18.0 Å². The maximum atomic E-state index is 12.6. The van der Waals surface area contributed by atoms with Gasteiger partial charge in [0.05, 0.1) is 12.7 Å². The number of hydrogen-bond donors (Lipinski definition) is 1. The molecule has 0 aromatic heterocycles. The van der Waals surface area contributed by atoms with Crippen molar-refractivity contribution in [2.75, 3.05) is 20.2 Å². The SMILES string of the molecule is COc1ccccc1C(=O)NCC(=O)O[C@@H](C)C(=O)N1CCc2ccccc2C1. The van der Waals surface area contributed by atoms with Crippen LogP contribution in [0.4, 0.5) is 0 Å². The van der Waals surface area contributed by atoms with Gasteiger partial charge in [0.1, 0.15) is 12.3 Å². The molecule has 0 spiro atoms. The van der Waals surface area contributed by atoms with Crippen LogP contribution in [0.5, 0.6) is 5.75 Å². The molecule has 2 aromatic rings. The van der Waals surface area contributed by atoms with E-state index in [2.05, 4.69) is 11.4 Å². The lowest BCUT2D eigenvalue weighted by molar-refractivity contribution is -0.158. The molecule has 0 aliphatic carbocycles. The smallest absolute Gasteiger partial charge is 0.326 e. The predicted octanol–water partition coefficient (Wildman–Crippen LogP) is 1.94. The van der Waals surface area contributed by atoms with Crippen LogP contribution >= 0.6 is 0 Å². The van der Waals surface area contributed by atoms with E-state index in [0.717, 1.165) is 12.0 Å². The van der Waals surface area contributed by atoms with Crippen LogP contribution in [-0.2, 0) is 27.3 Å². The standard InChI is InChI=1S/C22H24N2O5/c1-15(22(27)24-12-11-16-7-3-4-8-17(16)14-24)29-20(25)13-23-21(26)18-9-5-6-10-19(18)28-2/h3-10,15H,11-14H2,1-2H3,(H,23,26)/t15-/m0/s1. The van der Waals surface area contributed by atoms with Crippen molar-refractivity contribution >= 4 is 17.8 Å². The number of hydrogen-bond acceptors (Lipinski definition) is 5. The average molecular weight is 396 g/mol. The van der Waals surface area contributed by atoms with Crippen LogP contribution in [0.3, 0.4) is 0 Å². The number of nitrogens with zero attached hydrogens (tertiary/aromatic N) is 1. The second-order valence-electron chi connectivity index (χ2n) is 6.79. The molecule has 0 bridgehead atoms. The Morgan fingerprint density at radius 2 is 1.76 bits per heavy atom. The molecule has 2 aromatic carbocycles. The van der Waals surface area contributed by atoms with E-state index in [1.165, 1.54) is 12.7 Å². The maximum Gasteiger partial charge on any atom is 0.326 e. The lowest BCUT2D eigenvalue weighted by Crippen LogP contribution is -2.43. The van der Waals surface area contributed by atoms with E-state index in [0.29, 0.717) is 24.4 Å². The molecule has 1 heterocycles. The maximum absolute atomic E-state index is 12.6. The van der Waals surface area contributed by atoms with E-state index >= 15 is 0 Å². The van der Waals surface area contributed by atoms with Gasteiger partial charge in [-0.3, -0.25) is 14.4 Å². The van der Waals surface area contributed by atoms with Gasteiger partial charge in [-0.25, -0.2) is 0 Å². The number of amides is 2. The Labute approximate surface area is 169 Å². The summed E-state index contributed by atoms with van der Waals surface area (Å²) in [6.07, 6.45) is -0.145. The fourth-order valence-corrected chi connectivity index (χ4v) is 3.31. The zero-order valence-electron chi connectivity index (χ0n) is 16.5.